The zero-order chi connectivity index (χ0) is 19.0. The van der Waals surface area contributed by atoms with Crippen LogP contribution in [-0.2, 0) is 11.2 Å². The number of carbonyl (C=O) groups excluding carboxylic acids is 1. The van der Waals surface area contributed by atoms with Gasteiger partial charge in [-0.3, -0.25) is 9.20 Å². The maximum absolute atomic E-state index is 13.6. The Bertz CT molecular complexity index is 1150. The third-order valence-electron chi connectivity index (χ3n) is 4.02. The summed E-state index contributed by atoms with van der Waals surface area (Å²) in [5.41, 5.74) is 2.17. The summed E-state index contributed by atoms with van der Waals surface area (Å²) in [6.45, 7) is 3.39. The Morgan fingerprint density at radius 1 is 1.22 bits per heavy atom. The second kappa shape index (κ2) is 6.60. The van der Waals surface area contributed by atoms with Gasteiger partial charge in [0.1, 0.15) is 11.6 Å². The number of anilines is 1. The van der Waals surface area contributed by atoms with Crippen LogP contribution in [0.1, 0.15) is 17.2 Å². The number of aromatic nitrogens is 5. The molecule has 9 heteroatoms. The quantitative estimate of drug-likeness (QED) is 0.596. The van der Waals surface area contributed by atoms with Crippen LogP contribution in [-0.4, -0.2) is 30.6 Å². The standard InChI is InChI=1S/C18H15FN6O2/c1-10-3-5-13(7-14(10)19)21-17(26)8-16-23-22-15-6-4-12(9-25(15)16)18-20-11(2)24-27-18/h3-7,9H,8H2,1-2H3,(H,21,26). The van der Waals surface area contributed by atoms with Crippen LogP contribution < -0.4 is 5.32 Å². The highest BCUT2D eigenvalue weighted by molar-refractivity contribution is 5.91. The molecule has 8 nitrogen and oxygen atoms in total. The van der Waals surface area contributed by atoms with Gasteiger partial charge in [-0.15, -0.1) is 10.2 Å². The Balaban J connectivity index is 1.57. The molecular formula is C18H15FN6O2. The van der Waals surface area contributed by atoms with Crippen molar-refractivity contribution in [3.05, 3.63) is 59.6 Å². The maximum Gasteiger partial charge on any atom is 0.259 e. The van der Waals surface area contributed by atoms with E-state index >= 15 is 0 Å². The molecule has 0 unspecified atom stereocenters. The van der Waals surface area contributed by atoms with Crippen molar-refractivity contribution in [2.24, 2.45) is 0 Å². The molecule has 0 radical (unpaired) electrons. The van der Waals surface area contributed by atoms with Crippen LogP contribution >= 0.6 is 0 Å². The molecule has 1 amide bonds. The lowest BCUT2D eigenvalue weighted by molar-refractivity contribution is -0.115. The van der Waals surface area contributed by atoms with E-state index in [2.05, 4.69) is 25.7 Å². The number of nitrogens with one attached hydrogen (secondary N) is 1. The maximum atomic E-state index is 13.6. The lowest BCUT2D eigenvalue weighted by Crippen LogP contribution is -2.16. The molecule has 3 heterocycles. The van der Waals surface area contributed by atoms with Gasteiger partial charge in [0, 0.05) is 11.9 Å². The van der Waals surface area contributed by atoms with Crippen molar-refractivity contribution >= 4 is 17.2 Å². The van der Waals surface area contributed by atoms with E-state index in [9.17, 15) is 9.18 Å². The predicted molar refractivity (Wildman–Crippen MR) is 94.5 cm³/mol. The summed E-state index contributed by atoms with van der Waals surface area (Å²) < 4.78 is 20.5. The van der Waals surface area contributed by atoms with E-state index in [1.54, 1.807) is 48.7 Å². The number of rotatable bonds is 4. The molecule has 0 aliphatic carbocycles. The van der Waals surface area contributed by atoms with Crippen LogP contribution in [0, 0.1) is 19.7 Å². The Labute approximate surface area is 153 Å². The molecular weight excluding hydrogens is 351 g/mol. The van der Waals surface area contributed by atoms with Crippen molar-refractivity contribution < 1.29 is 13.7 Å². The first-order valence-electron chi connectivity index (χ1n) is 8.20. The largest absolute Gasteiger partial charge is 0.334 e. The van der Waals surface area contributed by atoms with Gasteiger partial charge in [0.05, 0.1) is 12.0 Å². The molecule has 0 fully saturated rings. The second-order valence-electron chi connectivity index (χ2n) is 6.10. The molecule has 27 heavy (non-hydrogen) atoms. The lowest BCUT2D eigenvalue weighted by Gasteiger charge is -2.06. The van der Waals surface area contributed by atoms with E-state index in [1.807, 2.05) is 0 Å². The van der Waals surface area contributed by atoms with Crippen LogP contribution in [0.5, 0.6) is 0 Å². The number of hydrogen-bond acceptors (Lipinski definition) is 6. The van der Waals surface area contributed by atoms with Crippen molar-refractivity contribution in [2.75, 3.05) is 5.32 Å². The van der Waals surface area contributed by atoms with Crippen molar-refractivity contribution in [1.29, 1.82) is 0 Å². The number of carbonyl (C=O) groups is 1. The molecule has 0 aliphatic heterocycles. The first kappa shape index (κ1) is 16.8. The molecule has 0 saturated carbocycles. The molecule has 0 spiro atoms. The fraction of sp³-hybridized carbons (Fsp3) is 0.167. The van der Waals surface area contributed by atoms with Gasteiger partial charge in [-0.2, -0.15) is 4.98 Å². The molecule has 4 aromatic rings. The van der Waals surface area contributed by atoms with Gasteiger partial charge < -0.3 is 9.84 Å². The molecule has 0 aliphatic rings. The Morgan fingerprint density at radius 2 is 2.07 bits per heavy atom. The number of pyridine rings is 1. The molecule has 0 atom stereocenters. The van der Waals surface area contributed by atoms with E-state index < -0.39 is 0 Å². The van der Waals surface area contributed by atoms with E-state index in [4.69, 9.17) is 4.52 Å². The number of benzene rings is 1. The average molecular weight is 366 g/mol. The summed E-state index contributed by atoms with van der Waals surface area (Å²) in [5.74, 6) is 0.632. The van der Waals surface area contributed by atoms with Gasteiger partial charge in [-0.1, -0.05) is 11.2 Å². The van der Waals surface area contributed by atoms with Crippen LogP contribution in [0.4, 0.5) is 10.1 Å². The van der Waals surface area contributed by atoms with Crippen molar-refractivity contribution in [3.8, 4) is 11.5 Å². The minimum atomic E-state index is -0.375. The Hall–Kier alpha value is -3.62. The molecule has 136 valence electrons. The van der Waals surface area contributed by atoms with Gasteiger partial charge in [0.2, 0.25) is 5.91 Å². The van der Waals surface area contributed by atoms with Gasteiger partial charge in [-0.25, -0.2) is 4.39 Å². The van der Waals surface area contributed by atoms with Gasteiger partial charge in [-0.05, 0) is 43.7 Å². The molecule has 0 saturated heterocycles. The number of hydrogen-bond donors (Lipinski definition) is 1. The number of amides is 1. The van der Waals surface area contributed by atoms with Crippen molar-refractivity contribution in [2.45, 2.75) is 20.3 Å². The summed E-state index contributed by atoms with van der Waals surface area (Å²) in [7, 11) is 0. The number of nitrogens with zero attached hydrogens (tertiary/aromatic N) is 5. The highest BCUT2D eigenvalue weighted by Crippen LogP contribution is 2.19. The molecule has 1 aromatic carbocycles. The summed E-state index contributed by atoms with van der Waals surface area (Å²) in [6, 6.07) is 8.07. The highest BCUT2D eigenvalue weighted by atomic mass is 19.1. The number of aryl methyl sites for hydroxylation is 2. The Morgan fingerprint density at radius 3 is 2.81 bits per heavy atom. The van der Waals surface area contributed by atoms with Crippen molar-refractivity contribution in [3.63, 3.8) is 0 Å². The fourth-order valence-electron chi connectivity index (χ4n) is 2.62. The number of halogens is 1. The smallest absolute Gasteiger partial charge is 0.259 e. The second-order valence-corrected chi connectivity index (χ2v) is 6.10. The molecule has 4 rings (SSSR count). The summed E-state index contributed by atoms with van der Waals surface area (Å²) >= 11 is 0. The monoisotopic (exact) mass is 366 g/mol. The van der Waals surface area contributed by atoms with Crippen molar-refractivity contribution in [1.82, 2.24) is 24.7 Å². The van der Waals surface area contributed by atoms with Gasteiger partial charge >= 0.3 is 0 Å². The zero-order valence-corrected chi connectivity index (χ0v) is 14.6. The lowest BCUT2D eigenvalue weighted by atomic mass is 10.2. The van der Waals surface area contributed by atoms with Crippen LogP contribution in [0.25, 0.3) is 17.1 Å². The highest BCUT2D eigenvalue weighted by Gasteiger charge is 2.14. The fourth-order valence-corrected chi connectivity index (χ4v) is 2.62. The minimum absolute atomic E-state index is 0.0248. The van der Waals surface area contributed by atoms with Gasteiger partial charge in [0.25, 0.3) is 5.89 Å². The van der Waals surface area contributed by atoms with E-state index in [-0.39, 0.29) is 18.1 Å². The average Bonchev–Trinajstić information content (AvgIpc) is 3.24. The minimum Gasteiger partial charge on any atom is -0.334 e. The predicted octanol–water partition coefficient (Wildman–Crippen LogP) is 2.72. The third-order valence-corrected chi connectivity index (χ3v) is 4.02. The topological polar surface area (TPSA) is 98.2 Å². The summed E-state index contributed by atoms with van der Waals surface area (Å²) in [6.07, 6.45) is 1.71. The molecule has 0 bridgehead atoms. The van der Waals surface area contributed by atoms with Crippen LogP contribution in [0.3, 0.4) is 0 Å². The number of fused-ring (bicyclic) bond motifs is 1. The zero-order valence-electron chi connectivity index (χ0n) is 14.6. The molecule has 1 N–H and O–H groups in total. The van der Waals surface area contributed by atoms with Gasteiger partial charge in [0.15, 0.2) is 11.5 Å². The summed E-state index contributed by atoms with van der Waals surface area (Å²) in [5, 5.41) is 14.5. The SMILES string of the molecule is Cc1noc(-c2ccc3nnc(CC(=O)Nc4ccc(C)c(F)c4)n3c2)n1. The van der Waals surface area contributed by atoms with Crippen LogP contribution in [0.2, 0.25) is 0 Å². The normalized spacial score (nSPS) is 11.1. The van der Waals surface area contributed by atoms with E-state index in [0.29, 0.717) is 40.0 Å². The third kappa shape index (κ3) is 3.39. The van der Waals surface area contributed by atoms with E-state index in [1.165, 1.54) is 6.07 Å². The van der Waals surface area contributed by atoms with Crippen LogP contribution in [0.15, 0.2) is 41.1 Å². The van der Waals surface area contributed by atoms with E-state index in [0.717, 1.165) is 0 Å². The Kier molecular flexibility index (Phi) is 4.11. The first-order chi connectivity index (χ1) is 13.0. The molecule has 3 aromatic heterocycles. The summed E-state index contributed by atoms with van der Waals surface area (Å²) in [4.78, 5) is 16.5. The first-order valence-corrected chi connectivity index (χ1v) is 8.20.